The normalized spacial score (nSPS) is 11.4. The molecule has 2 N–H and O–H groups in total. The SMILES string of the molecule is Cc1ccc(C(=O)OC(C)C(=O)Nc2cccc(F)c2)cc1NC(=O)c1ccco1. The highest BCUT2D eigenvalue weighted by Crippen LogP contribution is 2.19. The molecule has 2 amide bonds. The maximum Gasteiger partial charge on any atom is 0.338 e. The number of carbonyl (C=O) groups excluding carboxylic acids is 3. The Kier molecular flexibility index (Phi) is 6.26. The summed E-state index contributed by atoms with van der Waals surface area (Å²) in [4.78, 5) is 36.8. The van der Waals surface area contributed by atoms with E-state index < -0.39 is 29.7 Å². The fourth-order valence-corrected chi connectivity index (χ4v) is 2.57. The maximum atomic E-state index is 13.2. The summed E-state index contributed by atoms with van der Waals surface area (Å²) in [5.41, 5.74) is 1.54. The van der Waals surface area contributed by atoms with Gasteiger partial charge in [0.2, 0.25) is 0 Å². The molecule has 2 aromatic carbocycles. The number of furan rings is 1. The van der Waals surface area contributed by atoms with Crippen LogP contribution in [-0.2, 0) is 9.53 Å². The molecule has 0 spiro atoms. The molecule has 1 aromatic heterocycles. The first-order valence-electron chi connectivity index (χ1n) is 9.06. The number of nitrogens with one attached hydrogen (secondary N) is 2. The molecule has 1 atom stereocenters. The van der Waals surface area contributed by atoms with Crippen LogP contribution in [0, 0.1) is 12.7 Å². The Balaban J connectivity index is 1.65. The number of rotatable bonds is 6. The maximum absolute atomic E-state index is 13.2. The van der Waals surface area contributed by atoms with E-state index in [-0.39, 0.29) is 17.0 Å². The van der Waals surface area contributed by atoms with Crippen molar-refractivity contribution in [3.05, 3.63) is 83.6 Å². The molecular formula is C22H19FN2O5. The van der Waals surface area contributed by atoms with Crippen LogP contribution in [0.4, 0.5) is 15.8 Å². The second kappa shape index (κ2) is 9.04. The number of ether oxygens (including phenoxy) is 1. The summed E-state index contributed by atoms with van der Waals surface area (Å²) in [6.07, 6.45) is 0.259. The molecule has 0 radical (unpaired) electrons. The molecule has 0 aliphatic rings. The first kappa shape index (κ1) is 20.8. The first-order valence-corrected chi connectivity index (χ1v) is 9.06. The molecule has 30 heavy (non-hydrogen) atoms. The highest BCUT2D eigenvalue weighted by Gasteiger charge is 2.20. The summed E-state index contributed by atoms with van der Waals surface area (Å²) in [6.45, 7) is 3.17. The lowest BCUT2D eigenvalue weighted by molar-refractivity contribution is -0.123. The molecular weight excluding hydrogens is 391 g/mol. The minimum absolute atomic E-state index is 0.130. The fraction of sp³-hybridized carbons (Fsp3) is 0.136. The molecule has 8 heteroatoms. The summed E-state index contributed by atoms with van der Waals surface area (Å²) < 4.78 is 23.5. The van der Waals surface area contributed by atoms with Gasteiger partial charge in [0.15, 0.2) is 11.9 Å². The molecule has 0 bridgehead atoms. The van der Waals surface area contributed by atoms with E-state index in [2.05, 4.69) is 10.6 Å². The zero-order valence-electron chi connectivity index (χ0n) is 16.3. The lowest BCUT2D eigenvalue weighted by Crippen LogP contribution is -2.30. The van der Waals surface area contributed by atoms with E-state index in [1.807, 2.05) is 0 Å². The summed E-state index contributed by atoms with van der Waals surface area (Å²) in [5, 5.41) is 5.14. The molecule has 1 unspecified atom stereocenters. The molecule has 0 aliphatic heterocycles. The molecule has 0 aliphatic carbocycles. The predicted molar refractivity (Wildman–Crippen MR) is 108 cm³/mol. The quantitative estimate of drug-likeness (QED) is 0.595. The van der Waals surface area contributed by atoms with Gasteiger partial charge in [0, 0.05) is 11.4 Å². The number of anilines is 2. The molecule has 3 rings (SSSR count). The standard InChI is InChI=1S/C22H19FN2O5/c1-13-8-9-15(11-18(13)25-21(27)19-7-4-10-29-19)22(28)30-14(2)20(26)24-17-6-3-5-16(23)12-17/h3-12,14H,1-2H3,(H,24,26)(H,25,27). The average molecular weight is 410 g/mol. The monoisotopic (exact) mass is 410 g/mol. The van der Waals surface area contributed by atoms with Gasteiger partial charge in [-0.2, -0.15) is 0 Å². The van der Waals surface area contributed by atoms with E-state index in [1.165, 1.54) is 49.6 Å². The minimum Gasteiger partial charge on any atom is -0.459 e. The van der Waals surface area contributed by atoms with Crippen molar-refractivity contribution in [1.29, 1.82) is 0 Å². The third kappa shape index (κ3) is 5.11. The number of halogens is 1. The van der Waals surface area contributed by atoms with Gasteiger partial charge in [-0.3, -0.25) is 9.59 Å². The Hall–Kier alpha value is -3.94. The molecule has 7 nitrogen and oxygen atoms in total. The number of esters is 1. The van der Waals surface area contributed by atoms with Gasteiger partial charge in [0.1, 0.15) is 5.82 Å². The van der Waals surface area contributed by atoms with E-state index in [0.717, 1.165) is 11.6 Å². The van der Waals surface area contributed by atoms with Crippen LogP contribution in [0.5, 0.6) is 0 Å². The number of aryl methyl sites for hydroxylation is 1. The van der Waals surface area contributed by atoms with E-state index in [4.69, 9.17) is 9.15 Å². The van der Waals surface area contributed by atoms with Crippen LogP contribution in [-0.4, -0.2) is 23.9 Å². The Bertz CT molecular complexity index is 1080. The number of amides is 2. The highest BCUT2D eigenvalue weighted by atomic mass is 19.1. The molecule has 0 saturated carbocycles. The van der Waals surface area contributed by atoms with Gasteiger partial charge < -0.3 is 19.8 Å². The summed E-state index contributed by atoms with van der Waals surface area (Å²) in [5.74, 6) is -2.18. The third-order valence-corrected chi connectivity index (χ3v) is 4.21. The Morgan fingerprint density at radius 1 is 1.03 bits per heavy atom. The molecule has 1 heterocycles. The lowest BCUT2D eigenvalue weighted by atomic mass is 10.1. The fourth-order valence-electron chi connectivity index (χ4n) is 2.57. The van der Waals surface area contributed by atoms with Crippen LogP contribution in [0.3, 0.4) is 0 Å². The molecule has 154 valence electrons. The van der Waals surface area contributed by atoms with Crippen molar-refractivity contribution in [3.8, 4) is 0 Å². The van der Waals surface area contributed by atoms with Crippen molar-refractivity contribution in [1.82, 2.24) is 0 Å². The van der Waals surface area contributed by atoms with Crippen LogP contribution in [0.2, 0.25) is 0 Å². The average Bonchev–Trinajstić information content (AvgIpc) is 3.24. The largest absolute Gasteiger partial charge is 0.459 e. The zero-order chi connectivity index (χ0) is 21.7. The number of hydrogen-bond acceptors (Lipinski definition) is 5. The van der Waals surface area contributed by atoms with E-state index in [1.54, 1.807) is 19.1 Å². The number of benzene rings is 2. The van der Waals surface area contributed by atoms with Gasteiger partial charge in [0.25, 0.3) is 11.8 Å². The van der Waals surface area contributed by atoms with Crippen molar-refractivity contribution in [2.45, 2.75) is 20.0 Å². The smallest absolute Gasteiger partial charge is 0.338 e. The van der Waals surface area contributed by atoms with Gasteiger partial charge in [-0.25, -0.2) is 9.18 Å². The van der Waals surface area contributed by atoms with Crippen molar-refractivity contribution < 1.29 is 27.9 Å². The predicted octanol–water partition coefficient (Wildman–Crippen LogP) is 4.16. The second-order valence-corrected chi connectivity index (χ2v) is 6.51. The third-order valence-electron chi connectivity index (χ3n) is 4.21. The van der Waals surface area contributed by atoms with Gasteiger partial charge >= 0.3 is 5.97 Å². The van der Waals surface area contributed by atoms with E-state index >= 15 is 0 Å². The Labute approximate surface area is 171 Å². The Morgan fingerprint density at radius 3 is 2.53 bits per heavy atom. The minimum atomic E-state index is -1.12. The lowest BCUT2D eigenvalue weighted by Gasteiger charge is -2.14. The summed E-state index contributed by atoms with van der Waals surface area (Å²) in [7, 11) is 0. The molecule has 0 saturated heterocycles. The van der Waals surface area contributed by atoms with Crippen LogP contribution in [0.1, 0.15) is 33.4 Å². The first-order chi connectivity index (χ1) is 14.3. The van der Waals surface area contributed by atoms with E-state index in [0.29, 0.717) is 5.69 Å². The van der Waals surface area contributed by atoms with Gasteiger partial charge in [0.05, 0.1) is 11.8 Å². The number of carbonyl (C=O) groups is 3. The molecule has 3 aromatic rings. The van der Waals surface area contributed by atoms with Gasteiger partial charge in [-0.05, 0) is 61.9 Å². The summed E-state index contributed by atoms with van der Waals surface area (Å²) in [6, 6.07) is 13.1. The topological polar surface area (TPSA) is 97.6 Å². The van der Waals surface area contributed by atoms with E-state index in [9.17, 15) is 18.8 Å². The zero-order valence-corrected chi connectivity index (χ0v) is 16.3. The second-order valence-electron chi connectivity index (χ2n) is 6.51. The van der Waals surface area contributed by atoms with Crippen LogP contribution >= 0.6 is 0 Å². The van der Waals surface area contributed by atoms with Gasteiger partial charge in [-0.1, -0.05) is 12.1 Å². The van der Waals surface area contributed by atoms with Crippen LogP contribution < -0.4 is 10.6 Å². The van der Waals surface area contributed by atoms with Gasteiger partial charge in [-0.15, -0.1) is 0 Å². The van der Waals surface area contributed by atoms with Crippen molar-refractivity contribution in [3.63, 3.8) is 0 Å². The van der Waals surface area contributed by atoms with Crippen LogP contribution in [0.25, 0.3) is 0 Å². The Morgan fingerprint density at radius 2 is 1.83 bits per heavy atom. The number of hydrogen-bond donors (Lipinski definition) is 2. The molecule has 0 fully saturated rings. The van der Waals surface area contributed by atoms with Crippen molar-refractivity contribution >= 4 is 29.2 Å². The van der Waals surface area contributed by atoms with Crippen molar-refractivity contribution in [2.24, 2.45) is 0 Å². The summed E-state index contributed by atoms with van der Waals surface area (Å²) >= 11 is 0. The van der Waals surface area contributed by atoms with Crippen molar-refractivity contribution in [2.75, 3.05) is 10.6 Å². The highest BCUT2D eigenvalue weighted by molar-refractivity contribution is 6.03. The van der Waals surface area contributed by atoms with Crippen LogP contribution in [0.15, 0.2) is 65.3 Å².